The Morgan fingerprint density at radius 1 is 1.35 bits per heavy atom. The summed E-state index contributed by atoms with van der Waals surface area (Å²) < 4.78 is 30.9. The molecule has 1 aliphatic rings. The third-order valence-electron chi connectivity index (χ3n) is 3.21. The molecule has 1 aromatic rings. The van der Waals surface area contributed by atoms with Gasteiger partial charge in [-0.15, -0.1) is 6.58 Å². The SMILES string of the molecule is C=C[C@@H]1C[C@@H](C)OC(=O)N1S(=O)(=O)c1ccc(C)cc1. The molecule has 0 unspecified atom stereocenters. The van der Waals surface area contributed by atoms with Crippen molar-refractivity contribution in [2.24, 2.45) is 0 Å². The quantitative estimate of drug-likeness (QED) is 0.804. The average molecular weight is 295 g/mol. The van der Waals surface area contributed by atoms with Gasteiger partial charge in [0.15, 0.2) is 0 Å². The van der Waals surface area contributed by atoms with E-state index >= 15 is 0 Å². The number of aryl methyl sites for hydroxylation is 1. The minimum Gasteiger partial charge on any atom is -0.446 e. The maximum absolute atomic E-state index is 12.6. The Hall–Kier alpha value is -1.82. The number of carbonyl (C=O) groups is 1. The van der Waals surface area contributed by atoms with E-state index in [0.29, 0.717) is 6.42 Å². The maximum atomic E-state index is 12.6. The van der Waals surface area contributed by atoms with Crippen molar-refractivity contribution in [3.63, 3.8) is 0 Å². The van der Waals surface area contributed by atoms with Crippen LogP contribution in [0.1, 0.15) is 18.9 Å². The summed E-state index contributed by atoms with van der Waals surface area (Å²) in [5.74, 6) is 0. The predicted octanol–water partition coefficient (Wildman–Crippen LogP) is 2.47. The molecule has 1 aliphatic heterocycles. The van der Waals surface area contributed by atoms with Gasteiger partial charge in [-0.3, -0.25) is 0 Å². The average Bonchev–Trinajstić information content (AvgIpc) is 2.37. The summed E-state index contributed by atoms with van der Waals surface area (Å²) in [6.45, 7) is 7.20. The Bertz CT molecular complexity index is 621. The molecule has 1 fully saturated rings. The van der Waals surface area contributed by atoms with Crippen LogP contribution in [-0.4, -0.2) is 31.0 Å². The van der Waals surface area contributed by atoms with Crippen LogP contribution in [0.15, 0.2) is 41.8 Å². The Morgan fingerprint density at radius 3 is 2.50 bits per heavy atom. The van der Waals surface area contributed by atoms with Gasteiger partial charge >= 0.3 is 6.09 Å². The molecule has 1 saturated heterocycles. The molecule has 1 amide bonds. The third-order valence-corrected chi connectivity index (χ3v) is 5.01. The highest BCUT2D eigenvalue weighted by Crippen LogP contribution is 2.27. The van der Waals surface area contributed by atoms with Gasteiger partial charge in [-0.1, -0.05) is 23.8 Å². The minimum atomic E-state index is -3.93. The molecule has 1 heterocycles. The second-order valence-electron chi connectivity index (χ2n) is 4.85. The van der Waals surface area contributed by atoms with Gasteiger partial charge in [-0.25, -0.2) is 13.2 Å². The van der Waals surface area contributed by atoms with E-state index in [0.717, 1.165) is 9.87 Å². The summed E-state index contributed by atoms with van der Waals surface area (Å²) in [6.07, 6.45) is 0.687. The summed E-state index contributed by atoms with van der Waals surface area (Å²) in [5.41, 5.74) is 0.944. The first-order valence-corrected chi connectivity index (χ1v) is 7.74. The zero-order chi connectivity index (χ0) is 14.9. The first-order chi connectivity index (χ1) is 9.36. The highest BCUT2D eigenvalue weighted by atomic mass is 32.2. The topological polar surface area (TPSA) is 63.7 Å². The van der Waals surface area contributed by atoms with Crippen LogP contribution in [0, 0.1) is 6.92 Å². The van der Waals surface area contributed by atoms with Crippen molar-refractivity contribution in [3.8, 4) is 0 Å². The molecule has 0 aromatic heterocycles. The monoisotopic (exact) mass is 295 g/mol. The summed E-state index contributed by atoms with van der Waals surface area (Å²) in [6, 6.07) is 5.76. The van der Waals surface area contributed by atoms with E-state index in [9.17, 15) is 13.2 Å². The molecular weight excluding hydrogens is 278 g/mol. The smallest absolute Gasteiger partial charge is 0.424 e. The number of sulfonamides is 1. The number of hydrogen-bond donors (Lipinski definition) is 0. The summed E-state index contributed by atoms with van der Waals surface area (Å²) >= 11 is 0. The van der Waals surface area contributed by atoms with Gasteiger partial charge in [-0.05, 0) is 26.0 Å². The van der Waals surface area contributed by atoms with Gasteiger partial charge < -0.3 is 4.74 Å². The standard InChI is InChI=1S/C14H17NO4S/c1-4-12-9-11(3)19-14(16)15(12)20(17,18)13-7-5-10(2)6-8-13/h4-8,11-12H,1,9H2,2-3H3/t11-,12-/m1/s1. The number of nitrogens with zero attached hydrogens (tertiary/aromatic N) is 1. The zero-order valence-corrected chi connectivity index (χ0v) is 12.3. The highest BCUT2D eigenvalue weighted by Gasteiger charge is 2.40. The second kappa shape index (κ2) is 5.28. The van der Waals surface area contributed by atoms with Crippen molar-refractivity contribution in [2.45, 2.75) is 37.3 Å². The summed E-state index contributed by atoms with van der Waals surface area (Å²) in [7, 11) is -3.93. The van der Waals surface area contributed by atoms with Crippen LogP contribution in [0.2, 0.25) is 0 Å². The number of hydrogen-bond acceptors (Lipinski definition) is 4. The van der Waals surface area contributed by atoms with E-state index in [-0.39, 0.29) is 11.0 Å². The van der Waals surface area contributed by atoms with Gasteiger partial charge in [0.1, 0.15) is 6.10 Å². The van der Waals surface area contributed by atoms with E-state index in [1.807, 2.05) is 6.92 Å². The van der Waals surface area contributed by atoms with Gasteiger partial charge in [0.05, 0.1) is 10.9 Å². The van der Waals surface area contributed by atoms with Gasteiger partial charge in [-0.2, -0.15) is 4.31 Å². The van der Waals surface area contributed by atoms with E-state index in [1.54, 1.807) is 19.1 Å². The lowest BCUT2D eigenvalue weighted by molar-refractivity contribution is 0.0452. The third kappa shape index (κ3) is 2.56. The maximum Gasteiger partial charge on any atom is 0.424 e. The van der Waals surface area contributed by atoms with E-state index in [1.165, 1.54) is 18.2 Å². The highest BCUT2D eigenvalue weighted by molar-refractivity contribution is 7.89. The van der Waals surface area contributed by atoms with Crippen LogP contribution in [0.4, 0.5) is 4.79 Å². The van der Waals surface area contributed by atoms with Gasteiger partial charge in [0.25, 0.3) is 10.0 Å². The van der Waals surface area contributed by atoms with Crippen molar-refractivity contribution < 1.29 is 17.9 Å². The number of cyclic esters (lactones) is 1. The number of rotatable bonds is 3. The lowest BCUT2D eigenvalue weighted by atomic mass is 10.1. The predicted molar refractivity (Wildman–Crippen MR) is 74.7 cm³/mol. The van der Waals surface area contributed by atoms with Crippen LogP contribution in [0.25, 0.3) is 0 Å². The lowest BCUT2D eigenvalue weighted by Gasteiger charge is -2.35. The van der Waals surface area contributed by atoms with Crippen LogP contribution in [0.5, 0.6) is 0 Å². The van der Waals surface area contributed by atoms with Gasteiger partial charge in [0.2, 0.25) is 0 Å². The molecular formula is C14H17NO4S. The van der Waals surface area contributed by atoms with E-state index < -0.39 is 22.2 Å². The Labute approximate surface area is 118 Å². The molecule has 2 atom stereocenters. The van der Waals surface area contributed by atoms with Crippen molar-refractivity contribution >= 4 is 16.1 Å². The summed E-state index contributed by atoms with van der Waals surface area (Å²) in [4.78, 5) is 12.0. The first-order valence-electron chi connectivity index (χ1n) is 6.30. The summed E-state index contributed by atoms with van der Waals surface area (Å²) in [5, 5.41) is 0. The van der Waals surface area contributed by atoms with Crippen molar-refractivity contribution in [1.82, 2.24) is 4.31 Å². The Balaban J connectivity index is 2.43. The number of amides is 1. The van der Waals surface area contributed by atoms with E-state index in [2.05, 4.69) is 6.58 Å². The van der Waals surface area contributed by atoms with E-state index in [4.69, 9.17) is 4.74 Å². The fourth-order valence-corrected chi connectivity index (χ4v) is 3.61. The fraction of sp³-hybridized carbons (Fsp3) is 0.357. The second-order valence-corrected chi connectivity index (χ2v) is 6.66. The Kier molecular flexibility index (Phi) is 3.85. The number of benzene rings is 1. The number of ether oxygens (including phenoxy) is 1. The van der Waals surface area contributed by atoms with Crippen LogP contribution in [-0.2, 0) is 14.8 Å². The van der Waals surface area contributed by atoms with Crippen molar-refractivity contribution in [2.75, 3.05) is 0 Å². The molecule has 0 saturated carbocycles. The minimum absolute atomic E-state index is 0.0708. The molecule has 0 aliphatic carbocycles. The molecule has 1 aromatic carbocycles. The zero-order valence-electron chi connectivity index (χ0n) is 11.4. The van der Waals surface area contributed by atoms with Crippen LogP contribution in [0.3, 0.4) is 0 Å². The van der Waals surface area contributed by atoms with Crippen LogP contribution >= 0.6 is 0 Å². The molecule has 108 valence electrons. The molecule has 6 heteroatoms. The Morgan fingerprint density at radius 2 is 1.95 bits per heavy atom. The largest absolute Gasteiger partial charge is 0.446 e. The molecule has 0 spiro atoms. The van der Waals surface area contributed by atoms with Crippen molar-refractivity contribution in [1.29, 1.82) is 0 Å². The first kappa shape index (κ1) is 14.6. The fourth-order valence-electron chi connectivity index (χ4n) is 2.14. The van der Waals surface area contributed by atoms with Gasteiger partial charge in [0, 0.05) is 6.42 Å². The number of carbonyl (C=O) groups excluding carboxylic acids is 1. The normalized spacial score (nSPS) is 23.3. The molecule has 0 radical (unpaired) electrons. The molecule has 5 nitrogen and oxygen atoms in total. The molecule has 20 heavy (non-hydrogen) atoms. The lowest BCUT2D eigenvalue weighted by Crippen LogP contribution is -2.50. The van der Waals surface area contributed by atoms with Crippen molar-refractivity contribution in [3.05, 3.63) is 42.5 Å². The molecule has 2 rings (SSSR count). The van der Waals surface area contributed by atoms with Crippen LogP contribution < -0.4 is 0 Å². The molecule has 0 bridgehead atoms. The molecule has 0 N–H and O–H groups in total.